The van der Waals surface area contributed by atoms with Crippen molar-refractivity contribution in [3.05, 3.63) is 119 Å². The molecule has 0 saturated carbocycles. The summed E-state index contributed by atoms with van der Waals surface area (Å²) in [7, 11) is 0. The Labute approximate surface area is 186 Å². The number of ether oxygens (including phenoxy) is 2. The van der Waals surface area contributed by atoms with Crippen LogP contribution in [0.2, 0.25) is 0 Å². The molecule has 0 amide bonds. The van der Waals surface area contributed by atoms with Crippen LogP contribution in [-0.4, -0.2) is 18.5 Å². The molecule has 156 valence electrons. The van der Waals surface area contributed by atoms with E-state index in [1.165, 1.54) is 5.56 Å². The summed E-state index contributed by atoms with van der Waals surface area (Å²) in [6.45, 7) is 0.542. The number of benzene rings is 4. The van der Waals surface area contributed by atoms with Crippen LogP contribution >= 0.6 is 0 Å². The smallest absolute Gasteiger partial charge is 0.363 e. The standard InChI is InChI=1S/C28H21NO3/c30-28-25(29-27(32-28)24-15-14-21-10-4-5-11-22(21)18-24)19-23-12-6-7-13-26(23)31-17-16-20-8-2-1-3-9-20/h1-15,18-19H,16-17H2/b25-19-. The van der Waals surface area contributed by atoms with E-state index in [1.54, 1.807) is 6.08 Å². The normalized spacial score (nSPS) is 14.4. The molecule has 0 aliphatic carbocycles. The van der Waals surface area contributed by atoms with Crippen molar-refractivity contribution < 1.29 is 14.3 Å². The van der Waals surface area contributed by atoms with Gasteiger partial charge in [-0.3, -0.25) is 0 Å². The van der Waals surface area contributed by atoms with Crippen molar-refractivity contribution >= 4 is 28.7 Å². The van der Waals surface area contributed by atoms with Gasteiger partial charge in [0.2, 0.25) is 5.90 Å². The highest BCUT2D eigenvalue weighted by atomic mass is 16.6. The number of nitrogens with zero attached hydrogens (tertiary/aromatic N) is 1. The van der Waals surface area contributed by atoms with Crippen molar-refractivity contribution in [2.45, 2.75) is 6.42 Å². The number of aliphatic imine (C=N–C) groups is 1. The molecule has 32 heavy (non-hydrogen) atoms. The molecule has 0 unspecified atom stereocenters. The molecule has 0 radical (unpaired) electrons. The van der Waals surface area contributed by atoms with E-state index in [0.717, 1.165) is 28.3 Å². The molecule has 0 bridgehead atoms. The Morgan fingerprint density at radius 3 is 2.44 bits per heavy atom. The van der Waals surface area contributed by atoms with Gasteiger partial charge in [-0.1, -0.05) is 78.9 Å². The second kappa shape index (κ2) is 8.90. The van der Waals surface area contributed by atoms with Crippen LogP contribution in [0.15, 0.2) is 108 Å². The van der Waals surface area contributed by atoms with Crippen LogP contribution in [0, 0.1) is 0 Å². The van der Waals surface area contributed by atoms with Crippen molar-refractivity contribution in [3.63, 3.8) is 0 Å². The maximum absolute atomic E-state index is 12.5. The van der Waals surface area contributed by atoms with Gasteiger partial charge >= 0.3 is 5.97 Å². The highest BCUT2D eigenvalue weighted by Gasteiger charge is 2.24. The predicted octanol–water partition coefficient (Wildman–Crippen LogP) is 5.81. The predicted molar refractivity (Wildman–Crippen MR) is 127 cm³/mol. The minimum Gasteiger partial charge on any atom is -0.493 e. The Hall–Kier alpha value is -4.18. The molecule has 0 N–H and O–H groups in total. The molecule has 0 spiro atoms. The molecule has 4 heteroatoms. The summed E-state index contributed by atoms with van der Waals surface area (Å²) in [6, 6.07) is 31.7. The lowest BCUT2D eigenvalue weighted by Crippen LogP contribution is -2.05. The Kier molecular flexibility index (Phi) is 5.50. The Morgan fingerprint density at radius 1 is 0.812 bits per heavy atom. The fourth-order valence-electron chi connectivity index (χ4n) is 3.66. The average Bonchev–Trinajstić information content (AvgIpc) is 3.20. The van der Waals surface area contributed by atoms with Crippen molar-refractivity contribution in [2.24, 2.45) is 4.99 Å². The van der Waals surface area contributed by atoms with Crippen molar-refractivity contribution in [2.75, 3.05) is 6.61 Å². The highest BCUT2D eigenvalue weighted by Crippen LogP contribution is 2.26. The topological polar surface area (TPSA) is 47.9 Å². The summed E-state index contributed by atoms with van der Waals surface area (Å²) in [6.07, 6.45) is 2.52. The van der Waals surface area contributed by atoms with Crippen molar-refractivity contribution in [1.82, 2.24) is 0 Å². The highest BCUT2D eigenvalue weighted by molar-refractivity contribution is 6.13. The SMILES string of the molecule is O=C1OC(c2ccc3ccccc3c2)=N/C1=C\c1ccccc1OCCc1ccccc1. The third-order valence-electron chi connectivity index (χ3n) is 5.32. The van der Waals surface area contributed by atoms with Crippen molar-refractivity contribution in [1.29, 1.82) is 0 Å². The Bertz CT molecular complexity index is 1340. The molecule has 1 aliphatic heterocycles. The maximum atomic E-state index is 12.5. The molecule has 0 aromatic heterocycles. The first-order chi connectivity index (χ1) is 15.8. The number of para-hydroxylation sites is 1. The molecule has 4 nitrogen and oxygen atoms in total. The van der Waals surface area contributed by atoms with Gasteiger partial charge in [-0.25, -0.2) is 9.79 Å². The molecule has 0 atom stereocenters. The summed E-state index contributed by atoms with van der Waals surface area (Å²) in [5, 5.41) is 2.19. The third-order valence-corrected chi connectivity index (χ3v) is 5.32. The van der Waals surface area contributed by atoms with Crippen molar-refractivity contribution in [3.8, 4) is 5.75 Å². The van der Waals surface area contributed by atoms with E-state index in [4.69, 9.17) is 9.47 Å². The van der Waals surface area contributed by atoms with E-state index in [2.05, 4.69) is 17.1 Å². The fourth-order valence-corrected chi connectivity index (χ4v) is 3.66. The molecular formula is C28H21NO3. The minimum absolute atomic E-state index is 0.257. The zero-order valence-electron chi connectivity index (χ0n) is 17.4. The van der Waals surface area contributed by atoms with Gasteiger partial charge in [0.1, 0.15) is 5.75 Å². The van der Waals surface area contributed by atoms with E-state index >= 15 is 0 Å². The molecule has 0 fully saturated rings. The van der Waals surface area contributed by atoms with E-state index < -0.39 is 5.97 Å². The maximum Gasteiger partial charge on any atom is 0.363 e. The lowest BCUT2D eigenvalue weighted by molar-refractivity contribution is -0.129. The van der Waals surface area contributed by atoms with Crippen LogP contribution in [-0.2, 0) is 16.0 Å². The first-order valence-electron chi connectivity index (χ1n) is 10.5. The molecule has 0 saturated heterocycles. The number of cyclic esters (lactones) is 1. The van der Waals surface area contributed by atoms with E-state index in [0.29, 0.717) is 18.3 Å². The summed E-state index contributed by atoms with van der Waals surface area (Å²) in [5.74, 6) is 0.555. The molecule has 1 aliphatic rings. The molecule has 4 aromatic rings. The van der Waals surface area contributed by atoms with Crippen LogP contribution in [0.4, 0.5) is 0 Å². The summed E-state index contributed by atoms with van der Waals surface area (Å²) >= 11 is 0. The van der Waals surface area contributed by atoms with Gasteiger partial charge in [-0.05, 0) is 40.6 Å². The van der Waals surface area contributed by atoms with Gasteiger partial charge in [0.05, 0.1) is 6.61 Å². The van der Waals surface area contributed by atoms with Gasteiger partial charge < -0.3 is 9.47 Å². The van der Waals surface area contributed by atoms with Gasteiger partial charge in [0.25, 0.3) is 0 Å². The fraction of sp³-hybridized carbons (Fsp3) is 0.0714. The quantitative estimate of drug-likeness (QED) is 0.293. The Morgan fingerprint density at radius 2 is 1.56 bits per heavy atom. The first kappa shape index (κ1) is 19.8. The molecule has 1 heterocycles. The van der Waals surface area contributed by atoms with E-state index in [1.807, 2.05) is 84.9 Å². The summed E-state index contributed by atoms with van der Waals surface area (Å²) in [5.41, 5.74) is 3.03. The molecule has 5 rings (SSSR count). The number of hydrogen-bond donors (Lipinski definition) is 0. The summed E-state index contributed by atoms with van der Waals surface area (Å²) < 4.78 is 11.5. The van der Waals surface area contributed by atoms with E-state index in [9.17, 15) is 4.79 Å². The van der Waals surface area contributed by atoms with Crippen LogP contribution < -0.4 is 4.74 Å². The van der Waals surface area contributed by atoms with Crippen LogP contribution in [0.25, 0.3) is 16.8 Å². The largest absolute Gasteiger partial charge is 0.493 e. The number of fused-ring (bicyclic) bond motifs is 1. The zero-order chi connectivity index (χ0) is 21.8. The molecular weight excluding hydrogens is 398 g/mol. The number of carbonyl (C=O) groups is 1. The second-order valence-corrected chi connectivity index (χ2v) is 7.52. The lowest BCUT2D eigenvalue weighted by atomic mass is 10.1. The first-order valence-corrected chi connectivity index (χ1v) is 10.5. The van der Waals surface area contributed by atoms with Gasteiger partial charge in [-0.2, -0.15) is 0 Å². The van der Waals surface area contributed by atoms with Gasteiger partial charge in [-0.15, -0.1) is 0 Å². The number of rotatable bonds is 6. The van der Waals surface area contributed by atoms with E-state index in [-0.39, 0.29) is 5.70 Å². The minimum atomic E-state index is -0.466. The zero-order valence-corrected chi connectivity index (χ0v) is 17.4. The molecule has 4 aromatic carbocycles. The number of hydrogen-bond acceptors (Lipinski definition) is 4. The third kappa shape index (κ3) is 4.30. The number of carbonyl (C=O) groups excluding carboxylic acids is 1. The monoisotopic (exact) mass is 419 g/mol. The number of esters is 1. The lowest BCUT2D eigenvalue weighted by Gasteiger charge is -2.09. The Balaban J connectivity index is 1.37. The van der Waals surface area contributed by atoms with Crippen LogP contribution in [0.3, 0.4) is 0 Å². The average molecular weight is 419 g/mol. The van der Waals surface area contributed by atoms with Gasteiger partial charge in [0.15, 0.2) is 5.70 Å². The van der Waals surface area contributed by atoms with Crippen LogP contribution in [0.5, 0.6) is 5.75 Å². The second-order valence-electron chi connectivity index (χ2n) is 7.52. The van der Waals surface area contributed by atoms with Gasteiger partial charge in [0, 0.05) is 17.5 Å². The van der Waals surface area contributed by atoms with Crippen LogP contribution in [0.1, 0.15) is 16.7 Å². The summed E-state index contributed by atoms with van der Waals surface area (Å²) in [4.78, 5) is 17.0.